The summed E-state index contributed by atoms with van der Waals surface area (Å²) in [6.07, 6.45) is 9.41. The van der Waals surface area contributed by atoms with Gasteiger partial charge in [-0.2, -0.15) is 0 Å². The zero-order valence-electron chi connectivity index (χ0n) is 23.5. The standard InChI is InChI=1S/C33H48O4/c1-5-6-7-11-17-32(3,4)28-14-15-29(31(22-28)35-24-26-12-9-8-10-13-26)30-23-33(36-19-20-37-33)18-16-27(30)21-25(2)34/h8-10,12-15,22,25,27,30,34H,5-7,11,16-21,23-24H2,1-4H3/t25?,27-,30+/m0/s1. The Morgan fingerprint density at radius 3 is 2.51 bits per heavy atom. The number of aliphatic hydroxyl groups excluding tert-OH is 1. The Bertz CT molecular complexity index is 962. The minimum absolute atomic E-state index is 0.0849. The number of benzene rings is 2. The normalized spacial score (nSPS) is 22.3. The van der Waals surface area contributed by atoms with Crippen LogP contribution in [0.1, 0.15) is 108 Å². The Kier molecular flexibility index (Phi) is 9.72. The summed E-state index contributed by atoms with van der Waals surface area (Å²) in [6.45, 7) is 10.8. The molecule has 4 heteroatoms. The van der Waals surface area contributed by atoms with Gasteiger partial charge in [0.1, 0.15) is 12.4 Å². The van der Waals surface area contributed by atoms with E-state index in [4.69, 9.17) is 14.2 Å². The third-order valence-corrected chi connectivity index (χ3v) is 8.54. The van der Waals surface area contributed by atoms with Gasteiger partial charge in [0.05, 0.1) is 19.3 Å². The molecule has 37 heavy (non-hydrogen) atoms. The number of unbranched alkanes of at least 4 members (excludes halogenated alkanes) is 3. The van der Waals surface area contributed by atoms with Crippen molar-refractivity contribution < 1.29 is 19.3 Å². The molecule has 3 atom stereocenters. The summed E-state index contributed by atoms with van der Waals surface area (Å²) < 4.78 is 19.0. The predicted octanol–water partition coefficient (Wildman–Crippen LogP) is 7.91. The minimum Gasteiger partial charge on any atom is -0.489 e. The maximum atomic E-state index is 10.3. The maximum Gasteiger partial charge on any atom is 0.169 e. The molecule has 1 saturated heterocycles. The van der Waals surface area contributed by atoms with Gasteiger partial charge in [0.2, 0.25) is 0 Å². The quantitative estimate of drug-likeness (QED) is 0.296. The molecule has 1 saturated carbocycles. The lowest BCUT2D eigenvalue weighted by molar-refractivity contribution is -0.188. The van der Waals surface area contributed by atoms with Crippen molar-refractivity contribution in [2.75, 3.05) is 13.2 Å². The maximum absolute atomic E-state index is 10.3. The van der Waals surface area contributed by atoms with Gasteiger partial charge in [-0.05, 0) is 66.2 Å². The van der Waals surface area contributed by atoms with Gasteiger partial charge < -0.3 is 19.3 Å². The van der Waals surface area contributed by atoms with E-state index in [2.05, 4.69) is 63.2 Å². The molecule has 1 aliphatic heterocycles. The lowest BCUT2D eigenvalue weighted by Crippen LogP contribution is -2.40. The highest BCUT2D eigenvalue weighted by atomic mass is 16.7. The minimum atomic E-state index is -0.492. The molecule has 1 unspecified atom stereocenters. The van der Waals surface area contributed by atoms with Crippen molar-refractivity contribution in [2.24, 2.45) is 5.92 Å². The Labute approximate surface area is 224 Å². The number of hydrogen-bond donors (Lipinski definition) is 1. The molecule has 1 N–H and O–H groups in total. The van der Waals surface area contributed by atoms with E-state index >= 15 is 0 Å². The first-order chi connectivity index (χ1) is 17.8. The average Bonchev–Trinajstić information content (AvgIpc) is 3.34. The van der Waals surface area contributed by atoms with E-state index in [0.29, 0.717) is 25.7 Å². The molecule has 2 aliphatic rings. The van der Waals surface area contributed by atoms with Crippen molar-refractivity contribution in [1.29, 1.82) is 0 Å². The molecule has 204 valence electrons. The molecule has 2 fully saturated rings. The lowest BCUT2D eigenvalue weighted by atomic mass is 9.70. The highest BCUT2D eigenvalue weighted by Crippen LogP contribution is 2.50. The second kappa shape index (κ2) is 12.8. The van der Waals surface area contributed by atoms with Gasteiger partial charge in [-0.25, -0.2) is 0 Å². The fourth-order valence-corrected chi connectivity index (χ4v) is 6.31. The van der Waals surface area contributed by atoms with Gasteiger partial charge in [0.15, 0.2) is 5.79 Å². The summed E-state index contributed by atoms with van der Waals surface area (Å²) in [4.78, 5) is 0. The van der Waals surface area contributed by atoms with Crippen LogP contribution in [0.3, 0.4) is 0 Å². The van der Waals surface area contributed by atoms with Crippen molar-refractivity contribution in [2.45, 2.75) is 115 Å². The van der Waals surface area contributed by atoms with Crippen LogP contribution in [0.2, 0.25) is 0 Å². The Balaban J connectivity index is 1.65. The Hall–Kier alpha value is -1.88. The fourth-order valence-electron chi connectivity index (χ4n) is 6.31. The molecule has 1 heterocycles. The van der Waals surface area contributed by atoms with Gasteiger partial charge in [-0.1, -0.05) is 88.9 Å². The number of rotatable bonds is 12. The van der Waals surface area contributed by atoms with Gasteiger partial charge in [0, 0.05) is 12.8 Å². The van der Waals surface area contributed by atoms with Gasteiger partial charge in [-0.3, -0.25) is 0 Å². The molecule has 1 aliphatic carbocycles. The topological polar surface area (TPSA) is 47.9 Å². The van der Waals surface area contributed by atoms with Crippen LogP contribution in [0, 0.1) is 5.92 Å². The molecule has 4 nitrogen and oxygen atoms in total. The van der Waals surface area contributed by atoms with Crippen molar-refractivity contribution >= 4 is 0 Å². The molecular formula is C33H48O4. The number of ether oxygens (including phenoxy) is 3. The Morgan fingerprint density at radius 2 is 1.81 bits per heavy atom. The van der Waals surface area contributed by atoms with E-state index in [0.717, 1.165) is 31.4 Å². The largest absolute Gasteiger partial charge is 0.489 e. The van der Waals surface area contributed by atoms with Crippen LogP contribution in [0.25, 0.3) is 0 Å². The van der Waals surface area contributed by atoms with E-state index in [9.17, 15) is 5.11 Å². The summed E-state index contributed by atoms with van der Waals surface area (Å²) in [5.74, 6) is 1.06. The van der Waals surface area contributed by atoms with Crippen molar-refractivity contribution in [3.63, 3.8) is 0 Å². The third-order valence-electron chi connectivity index (χ3n) is 8.54. The highest BCUT2D eigenvalue weighted by molar-refractivity contribution is 5.43. The highest BCUT2D eigenvalue weighted by Gasteiger charge is 2.46. The van der Waals surface area contributed by atoms with Crippen LogP contribution in [-0.2, 0) is 21.5 Å². The van der Waals surface area contributed by atoms with Crippen molar-refractivity contribution in [3.8, 4) is 5.75 Å². The average molecular weight is 509 g/mol. The van der Waals surface area contributed by atoms with Crippen LogP contribution < -0.4 is 4.74 Å². The lowest BCUT2D eigenvalue weighted by Gasteiger charge is -2.42. The predicted molar refractivity (Wildman–Crippen MR) is 150 cm³/mol. The van der Waals surface area contributed by atoms with Gasteiger partial charge >= 0.3 is 0 Å². The second-order valence-corrected chi connectivity index (χ2v) is 12.0. The molecule has 0 aromatic heterocycles. The summed E-state index contributed by atoms with van der Waals surface area (Å²) >= 11 is 0. The van der Waals surface area contributed by atoms with Crippen LogP contribution in [0.15, 0.2) is 48.5 Å². The van der Waals surface area contributed by atoms with Crippen LogP contribution in [0.5, 0.6) is 5.75 Å². The molecule has 0 radical (unpaired) electrons. The van der Waals surface area contributed by atoms with Crippen molar-refractivity contribution in [3.05, 3.63) is 65.2 Å². The van der Waals surface area contributed by atoms with Crippen LogP contribution >= 0.6 is 0 Å². The molecule has 1 spiro atoms. The third kappa shape index (κ3) is 7.37. The summed E-state index contributed by atoms with van der Waals surface area (Å²) in [6, 6.07) is 17.3. The monoisotopic (exact) mass is 508 g/mol. The molecule has 0 amide bonds. The van der Waals surface area contributed by atoms with E-state index in [1.165, 1.54) is 48.8 Å². The second-order valence-electron chi connectivity index (χ2n) is 12.0. The zero-order valence-corrected chi connectivity index (χ0v) is 23.5. The first-order valence-electron chi connectivity index (χ1n) is 14.6. The van der Waals surface area contributed by atoms with E-state index in [1.807, 2.05) is 13.0 Å². The summed E-state index contributed by atoms with van der Waals surface area (Å²) in [5.41, 5.74) is 3.81. The van der Waals surface area contributed by atoms with E-state index in [-0.39, 0.29) is 17.4 Å². The van der Waals surface area contributed by atoms with Crippen molar-refractivity contribution in [1.82, 2.24) is 0 Å². The molecule has 2 aromatic rings. The number of hydrogen-bond acceptors (Lipinski definition) is 4. The smallest absolute Gasteiger partial charge is 0.169 e. The SMILES string of the molecule is CCCCCCC(C)(C)c1ccc([C@@H]2CC3(CC[C@H]2CC(C)O)OCCO3)c(OCc2ccccc2)c1. The summed E-state index contributed by atoms with van der Waals surface area (Å²) in [7, 11) is 0. The zero-order chi connectivity index (χ0) is 26.3. The molecule has 2 aromatic carbocycles. The first-order valence-corrected chi connectivity index (χ1v) is 14.6. The van der Waals surface area contributed by atoms with Gasteiger partial charge in [-0.15, -0.1) is 0 Å². The van der Waals surface area contributed by atoms with Crippen LogP contribution in [-0.4, -0.2) is 30.2 Å². The molecular weight excluding hydrogens is 460 g/mol. The van der Waals surface area contributed by atoms with Crippen LogP contribution in [0.4, 0.5) is 0 Å². The van der Waals surface area contributed by atoms with E-state index < -0.39 is 5.79 Å². The first kappa shape index (κ1) is 28.1. The summed E-state index contributed by atoms with van der Waals surface area (Å²) in [5, 5.41) is 10.3. The molecule has 4 rings (SSSR count). The fraction of sp³-hybridized carbons (Fsp3) is 0.636. The van der Waals surface area contributed by atoms with Gasteiger partial charge in [0.25, 0.3) is 0 Å². The molecule has 0 bridgehead atoms. The number of aliphatic hydroxyl groups is 1. The Morgan fingerprint density at radius 1 is 1.05 bits per heavy atom. The van der Waals surface area contributed by atoms with E-state index in [1.54, 1.807) is 0 Å².